The molecule has 3 heterocycles. The van der Waals surface area contributed by atoms with E-state index in [0.717, 1.165) is 43.5 Å². The molecule has 0 radical (unpaired) electrons. The Kier molecular flexibility index (Phi) is 5.83. The Balaban J connectivity index is 0.000000173. The third-order valence-corrected chi connectivity index (χ3v) is 3.13. The van der Waals surface area contributed by atoms with Crippen LogP contribution in [-0.2, 0) is 0 Å². The van der Waals surface area contributed by atoms with Gasteiger partial charge >= 0.3 is 0 Å². The molecule has 0 saturated carbocycles. The second-order valence-electron chi connectivity index (χ2n) is 4.70. The number of aryl methyl sites for hydroxylation is 2. The van der Waals surface area contributed by atoms with Crippen LogP contribution in [0, 0.1) is 13.8 Å². The number of piperazine rings is 1. The monoisotopic (exact) mass is 306 g/mol. The van der Waals surface area contributed by atoms with Crippen LogP contribution in [0.3, 0.4) is 0 Å². The molecule has 3 rings (SSSR count). The summed E-state index contributed by atoms with van der Waals surface area (Å²) in [5, 5.41) is 3.61. The molecule has 7 heteroatoms. The normalized spacial score (nSPS) is 14.3. The quantitative estimate of drug-likeness (QED) is 0.808. The second-order valence-corrected chi connectivity index (χ2v) is 5.04. The van der Waals surface area contributed by atoms with Crippen LogP contribution in [0.4, 0.5) is 5.95 Å². The summed E-state index contributed by atoms with van der Waals surface area (Å²) in [4.78, 5) is 18.4. The van der Waals surface area contributed by atoms with Gasteiger partial charge in [0.1, 0.15) is 0 Å². The molecule has 6 nitrogen and oxygen atoms in total. The molecular formula is C14H19ClN6. The Bertz CT molecular complexity index is 554. The Hall–Kier alpha value is -1.79. The number of halogens is 1. The molecule has 0 atom stereocenters. The lowest BCUT2D eigenvalue weighted by molar-refractivity contribution is 0.579. The van der Waals surface area contributed by atoms with Crippen molar-refractivity contribution < 1.29 is 0 Å². The molecule has 1 saturated heterocycles. The molecule has 0 aromatic carbocycles. The number of hydrogen-bond donors (Lipinski definition) is 1. The minimum atomic E-state index is 0.310. The average molecular weight is 307 g/mol. The van der Waals surface area contributed by atoms with Crippen molar-refractivity contribution in [1.82, 2.24) is 25.3 Å². The minimum absolute atomic E-state index is 0.310. The maximum absolute atomic E-state index is 5.42. The maximum atomic E-state index is 5.42. The van der Waals surface area contributed by atoms with Crippen molar-refractivity contribution in [2.24, 2.45) is 0 Å². The minimum Gasteiger partial charge on any atom is -0.338 e. The maximum Gasteiger partial charge on any atom is 0.225 e. The van der Waals surface area contributed by atoms with E-state index in [4.69, 9.17) is 11.6 Å². The summed E-state index contributed by atoms with van der Waals surface area (Å²) >= 11 is 5.42. The van der Waals surface area contributed by atoms with Crippen molar-refractivity contribution in [3.8, 4) is 0 Å². The van der Waals surface area contributed by atoms with Crippen molar-refractivity contribution in [1.29, 1.82) is 0 Å². The molecule has 0 amide bonds. The summed E-state index contributed by atoms with van der Waals surface area (Å²) in [6, 6.07) is 3.72. The van der Waals surface area contributed by atoms with Crippen molar-refractivity contribution in [3.63, 3.8) is 0 Å². The van der Waals surface area contributed by atoms with Crippen molar-refractivity contribution in [3.05, 3.63) is 41.2 Å². The lowest BCUT2D eigenvalue weighted by Gasteiger charge is -2.27. The van der Waals surface area contributed by atoms with Gasteiger partial charge in [0.2, 0.25) is 11.2 Å². The van der Waals surface area contributed by atoms with Gasteiger partial charge in [0, 0.05) is 50.0 Å². The highest BCUT2D eigenvalue weighted by atomic mass is 35.5. The Morgan fingerprint density at radius 1 is 1.00 bits per heavy atom. The van der Waals surface area contributed by atoms with Crippen LogP contribution in [0.15, 0.2) is 24.5 Å². The summed E-state index contributed by atoms with van der Waals surface area (Å²) in [6.07, 6.45) is 3.45. The highest BCUT2D eigenvalue weighted by Crippen LogP contribution is 2.07. The van der Waals surface area contributed by atoms with Crippen LogP contribution in [0.25, 0.3) is 0 Å². The number of hydrogen-bond acceptors (Lipinski definition) is 6. The zero-order valence-corrected chi connectivity index (χ0v) is 13.0. The van der Waals surface area contributed by atoms with Gasteiger partial charge in [-0.25, -0.2) is 19.9 Å². The Morgan fingerprint density at radius 2 is 1.62 bits per heavy atom. The van der Waals surface area contributed by atoms with Crippen molar-refractivity contribution in [2.45, 2.75) is 13.8 Å². The molecule has 2 aromatic rings. The summed E-state index contributed by atoms with van der Waals surface area (Å²) in [5.41, 5.74) is 1.92. The highest BCUT2D eigenvalue weighted by molar-refractivity contribution is 6.28. The number of nitrogens with one attached hydrogen (secondary N) is 1. The van der Waals surface area contributed by atoms with Gasteiger partial charge < -0.3 is 10.2 Å². The SMILES string of the molecule is Cc1ccnc(Cl)n1.Cc1ccnc(N2CCNCC2)n1. The zero-order valence-electron chi connectivity index (χ0n) is 12.3. The van der Waals surface area contributed by atoms with Crippen LogP contribution in [-0.4, -0.2) is 46.1 Å². The van der Waals surface area contributed by atoms with Crippen LogP contribution in [0.5, 0.6) is 0 Å². The predicted octanol–water partition coefficient (Wildman–Crippen LogP) is 1.63. The first-order valence-electron chi connectivity index (χ1n) is 6.85. The van der Waals surface area contributed by atoms with E-state index < -0.39 is 0 Å². The van der Waals surface area contributed by atoms with Gasteiger partial charge in [-0.05, 0) is 37.6 Å². The first kappa shape index (κ1) is 15.6. The fourth-order valence-electron chi connectivity index (χ4n) is 1.87. The standard InChI is InChI=1S/C9H14N4.C5H5ClN2/c1-8-2-3-11-9(12-8)13-6-4-10-5-7-13;1-4-2-3-7-5(6)8-4/h2-3,10H,4-7H2,1H3;2-3H,1H3. The molecule has 0 unspecified atom stereocenters. The molecule has 0 aliphatic carbocycles. The van der Waals surface area contributed by atoms with E-state index in [1.165, 1.54) is 0 Å². The Labute approximate surface area is 129 Å². The average Bonchev–Trinajstić information content (AvgIpc) is 2.49. The third-order valence-electron chi connectivity index (χ3n) is 2.95. The largest absolute Gasteiger partial charge is 0.338 e. The van der Waals surface area contributed by atoms with Gasteiger partial charge in [-0.3, -0.25) is 0 Å². The molecule has 1 aliphatic rings. The summed E-state index contributed by atoms with van der Waals surface area (Å²) < 4.78 is 0. The molecule has 1 N–H and O–H groups in total. The molecule has 1 fully saturated rings. The van der Waals surface area contributed by atoms with Gasteiger partial charge in [0.05, 0.1) is 0 Å². The number of anilines is 1. The first-order valence-corrected chi connectivity index (χ1v) is 7.23. The van der Waals surface area contributed by atoms with Crippen LogP contribution in [0.2, 0.25) is 5.28 Å². The van der Waals surface area contributed by atoms with Crippen LogP contribution in [0.1, 0.15) is 11.4 Å². The first-order chi connectivity index (χ1) is 10.1. The highest BCUT2D eigenvalue weighted by Gasteiger charge is 2.11. The van der Waals surface area contributed by atoms with Crippen LogP contribution < -0.4 is 10.2 Å². The number of rotatable bonds is 1. The lowest BCUT2D eigenvalue weighted by Crippen LogP contribution is -2.44. The topological polar surface area (TPSA) is 66.8 Å². The van der Waals surface area contributed by atoms with E-state index in [9.17, 15) is 0 Å². The van der Waals surface area contributed by atoms with Crippen LogP contribution >= 0.6 is 11.6 Å². The van der Waals surface area contributed by atoms with Gasteiger partial charge in [-0.1, -0.05) is 0 Å². The molecule has 21 heavy (non-hydrogen) atoms. The smallest absolute Gasteiger partial charge is 0.225 e. The fraction of sp³-hybridized carbons (Fsp3) is 0.429. The molecule has 0 bridgehead atoms. The van der Waals surface area contributed by atoms with E-state index >= 15 is 0 Å². The third kappa shape index (κ3) is 5.24. The lowest BCUT2D eigenvalue weighted by atomic mass is 10.4. The van der Waals surface area contributed by atoms with Crippen molar-refractivity contribution >= 4 is 17.5 Å². The fourth-order valence-corrected chi connectivity index (χ4v) is 2.06. The van der Waals surface area contributed by atoms with Crippen molar-refractivity contribution in [2.75, 3.05) is 31.1 Å². The molecule has 2 aromatic heterocycles. The number of aromatic nitrogens is 4. The van der Waals surface area contributed by atoms with E-state index in [0.29, 0.717) is 5.28 Å². The van der Waals surface area contributed by atoms with Gasteiger partial charge in [0.15, 0.2) is 0 Å². The van der Waals surface area contributed by atoms with Gasteiger partial charge in [0.25, 0.3) is 0 Å². The Morgan fingerprint density at radius 3 is 2.14 bits per heavy atom. The van der Waals surface area contributed by atoms with E-state index in [1.54, 1.807) is 12.3 Å². The molecule has 112 valence electrons. The number of nitrogens with zero attached hydrogens (tertiary/aromatic N) is 5. The summed E-state index contributed by atoms with van der Waals surface area (Å²) in [5.74, 6) is 0.863. The summed E-state index contributed by atoms with van der Waals surface area (Å²) in [7, 11) is 0. The molecule has 1 aliphatic heterocycles. The zero-order chi connectivity index (χ0) is 15.1. The predicted molar refractivity (Wildman–Crippen MR) is 83.6 cm³/mol. The van der Waals surface area contributed by atoms with E-state index in [2.05, 4.69) is 30.2 Å². The van der Waals surface area contributed by atoms with E-state index in [1.807, 2.05) is 26.1 Å². The molecular weight excluding hydrogens is 288 g/mol. The summed E-state index contributed by atoms with van der Waals surface area (Å²) in [6.45, 7) is 7.92. The second kappa shape index (κ2) is 7.85. The van der Waals surface area contributed by atoms with Gasteiger partial charge in [-0.2, -0.15) is 0 Å². The van der Waals surface area contributed by atoms with E-state index in [-0.39, 0.29) is 0 Å². The van der Waals surface area contributed by atoms with Gasteiger partial charge in [-0.15, -0.1) is 0 Å². The molecule has 0 spiro atoms.